The van der Waals surface area contributed by atoms with E-state index in [-0.39, 0.29) is 36.1 Å². The highest BCUT2D eigenvalue weighted by Gasteiger charge is 2.31. The standard InChI is InChI=1S/C36H47N11O2.CH2O2/c1-36(2,3)31-20-33(47(42-31)24-21-37-45(22-24)19-18-43(4)5)39-35(48)38-28-14-15-30(27-11-8-7-10-26(27)28)49-25-13-16-32-40-41-34(46(32)23-25)29-12-9-17-44(29)6;2-1-3/h7-8,10-11,13,16,20-23,28-30H,9,12,14-15,17-19H2,1-6H3,(H2,38,39,48);1H,(H,2,3). The second kappa shape index (κ2) is 15.5. The van der Waals surface area contributed by atoms with Crippen LogP contribution in [0.15, 0.2) is 61.1 Å². The summed E-state index contributed by atoms with van der Waals surface area (Å²) in [4.78, 5) is 26.4. The van der Waals surface area contributed by atoms with Crippen LogP contribution in [-0.4, -0.2) is 95.8 Å². The molecule has 15 nitrogen and oxygen atoms in total. The fraction of sp³-hybridized carbons (Fsp3) is 0.459. The first kappa shape index (κ1) is 36.5. The number of carbonyl (C=O) groups excluding carboxylic acids is 1. The maximum absolute atomic E-state index is 13.6. The highest BCUT2D eigenvalue weighted by Crippen LogP contribution is 2.39. The number of aromatic nitrogens is 7. The van der Waals surface area contributed by atoms with Gasteiger partial charge in [-0.25, -0.2) is 9.48 Å². The van der Waals surface area contributed by atoms with Gasteiger partial charge >= 0.3 is 6.03 Å². The molecule has 1 aliphatic heterocycles. The van der Waals surface area contributed by atoms with Crippen LogP contribution in [0.25, 0.3) is 11.3 Å². The SMILES string of the molecule is CN(C)CCn1cc(-n2nc(C(C)(C)C)cc2NC(=O)NC2CCC(Oc3ccc4nnc(C5CCCN5C)n4c3)c3ccccc32)cn1.O=CO. The van der Waals surface area contributed by atoms with Gasteiger partial charge in [0.25, 0.3) is 6.47 Å². The van der Waals surface area contributed by atoms with Crippen LogP contribution in [-0.2, 0) is 16.8 Å². The van der Waals surface area contributed by atoms with E-state index in [0.29, 0.717) is 5.82 Å². The number of hydrogen-bond donors (Lipinski definition) is 3. The van der Waals surface area contributed by atoms with Crippen LogP contribution in [0.1, 0.15) is 87.3 Å². The number of carboxylic acid groups (broad SMARTS) is 1. The molecule has 1 aliphatic carbocycles. The zero-order chi connectivity index (χ0) is 37.0. The van der Waals surface area contributed by atoms with E-state index in [9.17, 15) is 4.79 Å². The number of benzene rings is 1. The van der Waals surface area contributed by atoms with E-state index < -0.39 is 0 Å². The lowest BCUT2D eigenvalue weighted by Gasteiger charge is -2.32. The summed E-state index contributed by atoms with van der Waals surface area (Å²) in [6.45, 7) is 8.76. The number of likely N-dealkylation sites (tertiary alicyclic amines) is 1. The molecule has 7 rings (SSSR count). The third-order valence-corrected chi connectivity index (χ3v) is 9.60. The summed E-state index contributed by atoms with van der Waals surface area (Å²) in [7, 11) is 6.22. The Balaban J connectivity index is 0.00000150. The Labute approximate surface area is 303 Å². The predicted octanol–water partition coefficient (Wildman–Crippen LogP) is 5.21. The van der Waals surface area contributed by atoms with Crippen LogP contribution < -0.4 is 15.4 Å². The number of hydrogen-bond acceptors (Lipinski definition) is 9. The van der Waals surface area contributed by atoms with Crippen molar-refractivity contribution < 1.29 is 19.4 Å². The molecule has 1 saturated heterocycles. The highest BCUT2D eigenvalue weighted by molar-refractivity contribution is 5.89. The van der Waals surface area contributed by atoms with Gasteiger partial charge in [-0.2, -0.15) is 10.2 Å². The number of likely N-dealkylation sites (N-methyl/N-ethyl adjacent to an activating group) is 1. The Morgan fingerprint density at radius 1 is 1.08 bits per heavy atom. The molecular formula is C37H49N11O4. The smallest absolute Gasteiger partial charge is 0.320 e. The Morgan fingerprint density at radius 3 is 2.56 bits per heavy atom. The van der Waals surface area contributed by atoms with Gasteiger partial charge in [-0.1, -0.05) is 45.0 Å². The number of anilines is 1. The summed E-state index contributed by atoms with van der Waals surface area (Å²) >= 11 is 0. The molecule has 3 unspecified atom stereocenters. The summed E-state index contributed by atoms with van der Waals surface area (Å²) in [5.74, 6) is 2.31. The zero-order valence-corrected chi connectivity index (χ0v) is 30.7. The average molecular weight is 712 g/mol. The molecule has 1 fully saturated rings. The van der Waals surface area contributed by atoms with Crippen molar-refractivity contribution in [2.45, 2.75) is 76.6 Å². The molecule has 15 heteroatoms. The first-order chi connectivity index (χ1) is 24.9. The van der Waals surface area contributed by atoms with Gasteiger partial charge in [0, 0.05) is 18.0 Å². The third kappa shape index (κ3) is 8.10. The molecule has 3 atom stereocenters. The largest absolute Gasteiger partial charge is 0.484 e. The van der Waals surface area contributed by atoms with Gasteiger partial charge in [-0.3, -0.25) is 24.1 Å². The van der Waals surface area contributed by atoms with E-state index in [4.69, 9.17) is 19.7 Å². The summed E-state index contributed by atoms with van der Waals surface area (Å²) in [5.41, 5.74) is 4.40. The first-order valence-electron chi connectivity index (χ1n) is 17.7. The molecule has 2 aliphatic rings. The van der Waals surface area contributed by atoms with E-state index >= 15 is 0 Å². The van der Waals surface area contributed by atoms with E-state index in [1.54, 1.807) is 10.9 Å². The van der Waals surface area contributed by atoms with Gasteiger partial charge in [0.1, 0.15) is 23.4 Å². The van der Waals surface area contributed by atoms with Gasteiger partial charge in [-0.15, -0.1) is 10.2 Å². The minimum Gasteiger partial charge on any atom is -0.484 e. The van der Waals surface area contributed by atoms with Crippen molar-refractivity contribution in [1.29, 1.82) is 0 Å². The number of nitrogens with zero attached hydrogens (tertiary/aromatic N) is 9. The molecule has 0 saturated carbocycles. The average Bonchev–Trinajstić information content (AvgIpc) is 3.92. The normalized spacial score (nSPS) is 18.9. The molecule has 5 aromatic rings. The van der Waals surface area contributed by atoms with E-state index in [1.165, 1.54) is 0 Å². The third-order valence-electron chi connectivity index (χ3n) is 9.60. The van der Waals surface area contributed by atoms with Crippen molar-refractivity contribution in [1.82, 2.24) is 49.3 Å². The summed E-state index contributed by atoms with van der Waals surface area (Å²) in [6.07, 6.45) is 9.31. The van der Waals surface area contributed by atoms with Crippen LogP contribution in [0.4, 0.5) is 10.6 Å². The van der Waals surface area contributed by atoms with E-state index in [0.717, 1.165) is 85.0 Å². The van der Waals surface area contributed by atoms with Crippen LogP contribution in [0.3, 0.4) is 0 Å². The quantitative estimate of drug-likeness (QED) is 0.173. The summed E-state index contributed by atoms with van der Waals surface area (Å²) in [5, 5.41) is 31.6. The van der Waals surface area contributed by atoms with Crippen LogP contribution >= 0.6 is 0 Å². The maximum atomic E-state index is 13.6. The van der Waals surface area contributed by atoms with E-state index in [1.807, 2.05) is 61.5 Å². The number of nitrogens with one attached hydrogen (secondary N) is 2. The van der Waals surface area contributed by atoms with Crippen LogP contribution in [0.5, 0.6) is 5.75 Å². The van der Waals surface area contributed by atoms with Gasteiger partial charge in [-0.05, 0) is 76.6 Å². The van der Waals surface area contributed by atoms with Crippen molar-refractivity contribution in [3.63, 3.8) is 0 Å². The second-order valence-electron chi connectivity index (χ2n) is 14.7. The lowest BCUT2D eigenvalue weighted by molar-refractivity contribution is -0.122. The fourth-order valence-corrected chi connectivity index (χ4v) is 6.84. The minimum atomic E-state index is -0.289. The molecule has 2 amide bonds. The fourth-order valence-electron chi connectivity index (χ4n) is 6.84. The molecule has 4 aromatic heterocycles. The lowest BCUT2D eigenvalue weighted by Crippen LogP contribution is -2.36. The molecule has 1 aromatic carbocycles. The predicted molar refractivity (Wildman–Crippen MR) is 197 cm³/mol. The first-order valence-corrected chi connectivity index (χ1v) is 17.7. The molecule has 0 bridgehead atoms. The molecule has 0 radical (unpaired) electrons. The van der Waals surface area contributed by atoms with E-state index in [2.05, 4.69) is 80.1 Å². The van der Waals surface area contributed by atoms with Crippen molar-refractivity contribution in [2.75, 3.05) is 39.5 Å². The molecule has 0 spiro atoms. The Morgan fingerprint density at radius 2 is 1.85 bits per heavy atom. The van der Waals surface area contributed by atoms with Crippen LogP contribution in [0.2, 0.25) is 0 Å². The van der Waals surface area contributed by atoms with Crippen molar-refractivity contribution in [3.05, 3.63) is 83.7 Å². The molecule has 5 heterocycles. The van der Waals surface area contributed by atoms with Gasteiger partial charge in [0.15, 0.2) is 11.5 Å². The Hall–Kier alpha value is -5.28. The number of ether oxygens (including phenoxy) is 1. The van der Waals surface area contributed by atoms with Crippen molar-refractivity contribution >= 4 is 24.0 Å². The molecule has 276 valence electrons. The monoisotopic (exact) mass is 711 g/mol. The van der Waals surface area contributed by atoms with Crippen molar-refractivity contribution in [2.24, 2.45) is 0 Å². The van der Waals surface area contributed by atoms with Gasteiger partial charge in [0.05, 0.1) is 42.9 Å². The summed E-state index contributed by atoms with van der Waals surface area (Å²) < 4.78 is 12.4. The van der Waals surface area contributed by atoms with Crippen LogP contribution in [0, 0.1) is 0 Å². The molecular weight excluding hydrogens is 662 g/mol. The zero-order valence-electron chi connectivity index (χ0n) is 30.7. The van der Waals surface area contributed by atoms with Gasteiger partial charge < -0.3 is 20.1 Å². The molecule has 52 heavy (non-hydrogen) atoms. The Bertz CT molecular complexity index is 1990. The minimum absolute atomic E-state index is 0.149. The van der Waals surface area contributed by atoms with Crippen molar-refractivity contribution in [3.8, 4) is 11.4 Å². The summed E-state index contributed by atoms with van der Waals surface area (Å²) in [6, 6.07) is 13.9. The number of amides is 2. The number of carbonyl (C=O) groups is 2. The van der Waals surface area contributed by atoms with Gasteiger partial charge in [0.2, 0.25) is 0 Å². The topological polar surface area (TPSA) is 160 Å². The number of fused-ring (bicyclic) bond motifs is 2. The maximum Gasteiger partial charge on any atom is 0.320 e. The number of urea groups is 1. The number of rotatable bonds is 9. The lowest BCUT2D eigenvalue weighted by atomic mass is 9.85. The number of pyridine rings is 1. The molecule has 3 N–H and O–H groups in total. The highest BCUT2D eigenvalue weighted by atomic mass is 16.5. The Kier molecular flexibility index (Phi) is 10.9. The second-order valence-corrected chi connectivity index (χ2v) is 14.7.